The van der Waals surface area contributed by atoms with Crippen molar-refractivity contribution in [1.82, 2.24) is 10.6 Å². The van der Waals surface area contributed by atoms with Crippen LogP contribution in [-0.2, 0) is 9.53 Å². The summed E-state index contributed by atoms with van der Waals surface area (Å²) in [6.45, 7) is 3.97. The molecular weight excluding hydrogens is 330 g/mol. The first-order valence-electron chi connectivity index (χ1n) is 7.69. The molecule has 0 amide bonds. The number of nitro benzene ring substituents is 1. The average Bonchev–Trinajstić information content (AvgIpc) is 2.55. The van der Waals surface area contributed by atoms with Gasteiger partial charge in [-0.1, -0.05) is 25.5 Å². The zero-order chi connectivity index (χ0) is 17.7. The number of non-ortho nitro benzene ring substituents is 1. The molecule has 0 spiro atoms. The summed E-state index contributed by atoms with van der Waals surface area (Å²) in [5.74, 6) is -0.458. The summed E-state index contributed by atoms with van der Waals surface area (Å²) in [7, 11) is 0. The molecule has 1 aliphatic rings. The van der Waals surface area contributed by atoms with E-state index in [1.165, 1.54) is 12.1 Å². The largest absolute Gasteiger partial charge is 0.463 e. The molecule has 0 fully saturated rings. The molecule has 0 bridgehead atoms. The summed E-state index contributed by atoms with van der Waals surface area (Å²) in [6, 6.07) is 5.57. The number of hydrogen-bond donors (Lipinski definition) is 2. The van der Waals surface area contributed by atoms with Crippen LogP contribution in [0.2, 0.25) is 0 Å². The summed E-state index contributed by atoms with van der Waals surface area (Å²) in [6.07, 6.45) is 1.44. The van der Waals surface area contributed by atoms with E-state index in [1.807, 2.05) is 6.92 Å². The molecule has 2 N–H and O–H groups in total. The molecule has 1 aromatic carbocycles. The predicted molar refractivity (Wildman–Crippen MR) is 93.3 cm³/mol. The van der Waals surface area contributed by atoms with Gasteiger partial charge in [-0.05, 0) is 31.1 Å². The lowest BCUT2D eigenvalue weighted by atomic mass is 9.93. The number of nitrogens with zero attached hydrogens (tertiary/aromatic N) is 1. The topological polar surface area (TPSA) is 93.5 Å². The van der Waals surface area contributed by atoms with Gasteiger partial charge in [0.05, 0.1) is 23.1 Å². The first-order valence-corrected chi connectivity index (χ1v) is 8.10. The minimum Gasteiger partial charge on any atom is -0.463 e. The van der Waals surface area contributed by atoms with Crippen molar-refractivity contribution in [1.29, 1.82) is 0 Å². The van der Waals surface area contributed by atoms with Crippen LogP contribution >= 0.6 is 12.2 Å². The second kappa shape index (κ2) is 7.87. The van der Waals surface area contributed by atoms with Crippen LogP contribution in [0.25, 0.3) is 0 Å². The Labute approximate surface area is 145 Å². The minimum absolute atomic E-state index is 0.0426. The molecular formula is C16H19N3O4S. The van der Waals surface area contributed by atoms with Gasteiger partial charge >= 0.3 is 5.97 Å². The molecule has 0 unspecified atom stereocenters. The smallest absolute Gasteiger partial charge is 0.338 e. The van der Waals surface area contributed by atoms with Crippen LogP contribution in [0, 0.1) is 10.1 Å². The van der Waals surface area contributed by atoms with E-state index in [0.29, 0.717) is 28.4 Å². The lowest BCUT2D eigenvalue weighted by molar-refractivity contribution is -0.384. The van der Waals surface area contributed by atoms with Crippen LogP contribution in [0.3, 0.4) is 0 Å². The van der Waals surface area contributed by atoms with Crippen LogP contribution in [-0.4, -0.2) is 22.6 Å². The van der Waals surface area contributed by atoms with Gasteiger partial charge in [-0.2, -0.15) is 0 Å². The fourth-order valence-electron chi connectivity index (χ4n) is 2.58. The van der Waals surface area contributed by atoms with Crippen molar-refractivity contribution in [3.05, 3.63) is 51.2 Å². The van der Waals surface area contributed by atoms with Crippen LogP contribution in [0.15, 0.2) is 35.5 Å². The summed E-state index contributed by atoms with van der Waals surface area (Å²) in [5.41, 5.74) is 1.65. The highest BCUT2D eigenvalue weighted by Gasteiger charge is 2.32. The van der Waals surface area contributed by atoms with E-state index in [9.17, 15) is 14.9 Å². The van der Waals surface area contributed by atoms with Crippen molar-refractivity contribution in [3.63, 3.8) is 0 Å². The fourth-order valence-corrected chi connectivity index (χ4v) is 2.82. The van der Waals surface area contributed by atoms with Crippen molar-refractivity contribution in [2.24, 2.45) is 0 Å². The molecule has 0 saturated carbocycles. The monoisotopic (exact) mass is 349 g/mol. The van der Waals surface area contributed by atoms with Gasteiger partial charge in [-0.15, -0.1) is 0 Å². The molecule has 2 rings (SSSR count). The van der Waals surface area contributed by atoms with Gasteiger partial charge in [0.2, 0.25) is 0 Å². The molecule has 1 aromatic rings. The number of ether oxygens (including phenoxy) is 1. The zero-order valence-corrected chi connectivity index (χ0v) is 14.3. The number of hydrogen-bond acceptors (Lipinski definition) is 5. The molecule has 0 saturated heterocycles. The molecule has 1 atom stereocenters. The molecule has 7 nitrogen and oxygen atoms in total. The number of carbonyl (C=O) groups excluding carboxylic acids is 1. The van der Waals surface area contributed by atoms with E-state index < -0.39 is 16.9 Å². The van der Waals surface area contributed by atoms with E-state index >= 15 is 0 Å². The zero-order valence-electron chi connectivity index (χ0n) is 13.5. The Bertz CT molecular complexity index is 702. The first kappa shape index (κ1) is 17.9. The molecule has 0 radical (unpaired) electrons. The summed E-state index contributed by atoms with van der Waals surface area (Å²) in [5, 5.41) is 17.4. The fraction of sp³-hybridized carbons (Fsp3) is 0.375. The van der Waals surface area contributed by atoms with E-state index in [0.717, 1.165) is 6.42 Å². The van der Waals surface area contributed by atoms with Crippen molar-refractivity contribution >= 4 is 29.0 Å². The first-order chi connectivity index (χ1) is 11.5. The molecule has 8 heteroatoms. The molecule has 1 aliphatic heterocycles. The normalized spacial score (nSPS) is 17.1. The quantitative estimate of drug-likeness (QED) is 0.353. The number of allylic oxidation sites excluding steroid dienone is 1. The van der Waals surface area contributed by atoms with Crippen LogP contribution < -0.4 is 10.6 Å². The van der Waals surface area contributed by atoms with Crippen molar-refractivity contribution in [3.8, 4) is 0 Å². The SMILES string of the molecule is CCCC1=C(C(=O)OCC)[C@H](c2cccc([N+](=O)[O-])c2)NC(=S)N1. The van der Waals surface area contributed by atoms with E-state index in [4.69, 9.17) is 17.0 Å². The maximum atomic E-state index is 12.5. The molecule has 1 heterocycles. The Morgan fingerprint density at radius 2 is 2.17 bits per heavy atom. The Kier molecular flexibility index (Phi) is 5.86. The van der Waals surface area contributed by atoms with E-state index in [-0.39, 0.29) is 12.3 Å². The third kappa shape index (κ3) is 3.88. The molecule has 24 heavy (non-hydrogen) atoms. The third-order valence-electron chi connectivity index (χ3n) is 3.56. The van der Waals surface area contributed by atoms with Crippen LogP contribution in [0.4, 0.5) is 5.69 Å². The molecule has 128 valence electrons. The number of rotatable bonds is 6. The van der Waals surface area contributed by atoms with Gasteiger partial charge in [0.25, 0.3) is 5.69 Å². The van der Waals surface area contributed by atoms with Gasteiger partial charge in [-0.25, -0.2) is 4.79 Å². The maximum absolute atomic E-state index is 12.5. The van der Waals surface area contributed by atoms with E-state index in [2.05, 4.69) is 10.6 Å². The Morgan fingerprint density at radius 1 is 1.42 bits per heavy atom. The standard InChI is InChI=1S/C16H19N3O4S/c1-3-6-12-13(15(20)23-4-2)14(18-16(24)17-12)10-7-5-8-11(9-10)19(21)22/h5,7-9,14H,3-4,6H2,1-2H3,(H2,17,18,24)/t14-/m0/s1. The predicted octanol–water partition coefficient (Wildman–Crippen LogP) is 2.73. The lowest BCUT2D eigenvalue weighted by Gasteiger charge is -2.31. The summed E-state index contributed by atoms with van der Waals surface area (Å²) in [4.78, 5) is 23.0. The lowest BCUT2D eigenvalue weighted by Crippen LogP contribution is -2.45. The van der Waals surface area contributed by atoms with Crippen molar-refractivity contribution in [2.75, 3.05) is 6.61 Å². The Morgan fingerprint density at radius 3 is 2.79 bits per heavy atom. The average molecular weight is 349 g/mol. The highest BCUT2D eigenvalue weighted by Crippen LogP contribution is 2.31. The van der Waals surface area contributed by atoms with Gasteiger partial charge in [0.1, 0.15) is 0 Å². The number of esters is 1. The highest BCUT2D eigenvalue weighted by molar-refractivity contribution is 7.80. The highest BCUT2D eigenvalue weighted by atomic mass is 32.1. The minimum atomic E-state index is -0.584. The Balaban J connectivity index is 2.53. The number of nitrogens with one attached hydrogen (secondary N) is 2. The van der Waals surface area contributed by atoms with E-state index in [1.54, 1.807) is 19.1 Å². The van der Waals surface area contributed by atoms with Gasteiger partial charge in [-0.3, -0.25) is 10.1 Å². The summed E-state index contributed by atoms with van der Waals surface area (Å²) < 4.78 is 5.17. The number of carbonyl (C=O) groups is 1. The van der Waals surface area contributed by atoms with Crippen LogP contribution in [0.1, 0.15) is 38.3 Å². The molecule has 0 aliphatic carbocycles. The molecule has 0 aromatic heterocycles. The second-order valence-electron chi connectivity index (χ2n) is 5.25. The van der Waals surface area contributed by atoms with Crippen molar-refractivity contribution < 1.29 is 14.5 Å². The van der Waals surface area contributed by atoms with Gasteiger partial charge in [0, 0.05) is 17.8 Å². The van der Waals surface area contributed by atoms with Crippen molar-refractivity contribution in [2.45, 2.75) is 32.7 Å². The van der Waals surface area contributed by atoms with Crippen LogP contribution in [0.5, 0.6) is 0 Å². The third-order valence-corrected chi connectivity index (χ3v) is 3.78. The number of nitro groups is 1. The Hall–Kier alpha value is -2.48. The van der Waals surface area contributed by atoms with Gasteiger partial charge in [0.15, 0.2) is 5.11 Å². The van der Waals surface area contributed by atoms with Gasteiger partial charge < -0.3 is 15.4 Å². The second-order valence-corrected chi connectivity index (χ2v) is 5.65. The summed E-state index contributed by atoms with van der Waals surface area (Å²) >= 11 is 5.22. The number of thiocarbonyl (C=S) groups is 1. The number of benzene rings is 1. The maximum Gasteiger partial charge on any atom is 0.338 e.